The largest absolute Gasteiger partial charge is 0.352 e. The van der Waals surface area contributed by atoms with E-state index >= 15 is 0 Å². The van der Waals surface area contributed by atoms with Gasteiger partial charge in [0.05, 0.1) is 5.25 Å². The van der Waals surface area contributed by atoms with E-state index in [1.165, 1.54) is 4.31 Å². The Bertz CT molecular complexity index is 827. The van der Waals surface area contributed by atoms with Crippen molar-refractivity contribution in [3.05, 3.63) is 48.4 Å². The number of rotatable bonds is 9. The fraction of sp³-hybridized carbons (Fsp3) is 0.500. The van der Waals surface area contributed by atoms with Gasteiger partial charge in [0.2, 0.25) is 15.9 Å². The molecular weight excluding hydrogens is 390 g/mol. The van der Waals surface area contributed by atoms with Crippen molar-refractivity contribution in [1.82, 2.24) is 14.9 Å². The highest BCUT2D eigenvalue weighted by Gasteiger charge is 2.39. The van der Waals surface area contributed by atoms with Crippen LogP contribution in [0.1, 0.15) is 33.1 Å². The highest BCUT2D eigenvalue weighted by Crippen LogP contribution is 2.28. The summed E-state index contributed by atoms with van der Waals surface area (Å²) in [5.41, 5.74) is 7.20. The van der Waals surface area contributed by atoms with Gasteiger partial charge in [0.1, 0.15) is 12.5 Å². The van der Waals surface area contributed by atoms with Crippen molar-refractivity contribution in [3.8, 4) is 0 Å². The fourth-order valence-corrected chi connectivity index (χ4v) is 4.85. The first-order valence-corrected chi connectivity index (χ1v) is 11.3. The number of aliphatic imine (C=N–C) groups is 1. The van der Waals surface area contributed by atoms with Crippen LogP contribution in [0.2, 0.25) is 0 Å². The Kier molecular flexibility index (Phi) is 8.36. The molecule has 2 rings (SSSR count). The maximum absolute atomic E-state index is 12.7. The van der Waals surface area contributed by atoms with Gasteiger partial charge in [-0.1, -0.05) is 30.9 Å². The number of nitrogens with zero attached hydrogens (tertiary/aromatic N) is 2. The lowest BCUT2D eigenvalue weighted by atomic mass is 9.97. The zero-order valence-corrected chi connectivity index (χ0v) is 17.9. The molecular formula is C20H31N5O3S. The number of nitrogens with one attached hydrogen (secondary N) is 2. The molecule has 0 bridgehead atoms. The summed E-state index contributed by atoms with van der Waals surface area (Å²) in [7, 11) is -3.38. The molecule has 0 aromatic carbocycles. The SMILES string of the molecule is C=C/C=C(\C=C/CC(=O)NC1=CC=NCN1)C(N)C1CCCN1S(=O)(=O)C(C)C. The zero-order valence-electron chi connectivity index (χ0n) is 17.0. The second-order valence-electron chi connectivity index (χ2n) is 7.24. The van der Waals surface area contributed by atoms with E-state index in [0.717, 1.165) is 12.0 Å². The molecule has 0 saturated carbocycles. The van der Waals surface area contributed by atoms with E-state index in [2.05, 4.69) is 22.2 Å². The van der Waals surface area contributed by atoms with Gasteiger partial charge in [0, 0.05) is 31.3 Å². The molecule has 0 spiro atoms. The minimum absolute atomic E-state index is 0.163. The van der Waals surface area contributed by atoms with Gasteiger partial charge in [-0.15, -0.1) is 0 Å². The highest BCUT2D eigenvalue weighted by atomic mass is 32.2. The summed E-state index contributed by atoms with van der Waals surface area (Å²) in [6, 6.07) is -0.801. The summed E-state index contributed by atoms with van der Waals surface area (Å²) in [5.74, 6) is 0.434. The van der Waals surface area contributed by atoms with Gasteiger partial charge >= 0.3 is 0 Å². The lowest BCUT2D eigenvalue weighted by Crippen LogP contribution is -2.49. The van der Waals surface area contributed by atoms with Gasteiger partial charge in [-0.3, -0.25) is 9.79 Å². The van der Waals surface area contributed by atoms with E-state index in [-0.39, 0.29) is 18.4 Å². The molecule has 29 heavy (non-hydrogen) atoms. The molecule has 1 amide bonds. The standard InChI is InChI=1S/C20H31N5O3S/c1-4-7-16(8-5-10-19(26)24-18-11-12-22-14-23-18)20(21)17-9-6-13-25(17)29(27,28)15(2)3/h4-5,7-8,11-12,15,17,20,23H,1,6,9-10,13-14,21H2,2-3H3,(H,24,26)/b8-5-,16-7+. The molecule has 1 saturated heterocycles. The van der Waals surface area contributed by atoms with Crippen molar-refractivity contribution in [2.45, 2.75) is 50.4 Å². The maximum Gasteiger partial charge on any atom is 0.229 e. The minimum Gasteiger partial charge on any atom is -0.352 e. The van der Waals surface area contributed by atoms with E-state index in [1.54, 1.807) is 50.4 Å². The van der Waals surface area contributed by atoms with E-state index in [1.807, 2.05) is 0 Å². The van der Waals surface area contributed by atoms with Crippen molar-refractivity contribution in [2.24, 2.45) is 10.7 Å². The Morgan fingerprint density at radius 1 is 1.52 bits per heavy atom. The van der Waals surface area contributed by atoms with Crippen molar-refractivity contribution in [1.29, 1.82) is 0 Å². The Hall–Kier alpha value is -2.23. The Balaban J connectivity index is 2.04. The molecule has 2 heterocycles. The Morgan fingerprint density at radius 3 is 2.90 bits per heavy atom. The van der Waals surface area contributed by atoms with Gasteiger partial charge in [-0.05, 0) is 38.3 Å². The van der Waals surface area contributed by atoms with Crippen molar-refractivity contribution < 1.29 is 13.2 Å². The van der Waals surface area contributed by atoms with Crippen LogP contribution in [0.25, 0.3) is 0 Å². The third-order valence-electron chi connectivity index (χ3n) is 4.88. The number of carbonyl (C=O) groups is 1. The second-order valence-corrected chi connectivity index (χ2v) is 9.69. The van der Waals surface area contributed by atoms with Crippen LogP contribution in [-0.2, 0) is 14.8 Å². The van der Waals surface area contributed by atoms with Crippen LogP contribution in [0, 0.1) is 0 Å². The summed E-state index contributed by atoms with van der Waals surface area (Å²) < 4.78 is 26.8. The predicted molar refractivity (Wildman–Crippen MR) is 117 cm³/mol. The first-order valence-electron chi connectivity index (χ1n) is 9.76. The van der Waals surface area contributed by atoms with Crippen LogP contribution >= 0.6 is 0 Å². The average molecular weight is 422 g/mol. The van der Waals surface area contributed by atoms with Gasteiger partial charge in [-0.2, -0.15) is 4.31 Å². The van der Waals surface area contributed by atoms with Gasteiger partial charge < -0.3 is 16.4 Å². The minimum atomic E-state index is -3.38. The van der Waals surface area contributed by atoms with E-state index in [4.69, 9.17) is 5.73 Å². The maximum atomic E-state index is 12.7. The summed E-state index contributed by atoms with van der Waals surface area (Å²) >= 11 is 0. The molecule has 160 valence electrons. The molecule has 0 radical (unpaired) electrons. The molecule has 2 aliphatic rings. The molecule has 1 fully saturated rings. The van der Waals surface area contributed by atoms with Crippen LogP contribution < -0.4 is 16.4 Å². The molecule has 4 N–H and O–H groups in total. The van der Waals surface area contributed by atoms with E-state index in [0.29, 0.717) is 25.5 Å². The fourth-order valence-electron chi connectivity index (χ4n) is 3.31. The van der Waals surface area contributed by atoms with Crippen LogP contribution in [0.4, 0.5) is 0 Å². The van der Waals surface area contributed by atoms with Crippen LogP contribution in [0.5, 0.6) is 0 Å². The molecule has 0 aliphatic carbocycles. The van der Waals surface area contributed by atoms with Gasteiger partial charge in [0.25, 0.3) is 0 Å². The van der Waals surface area contributed by atoms with Crippen LogP contribution in [0.3, 0.4) is 0 Å². The molecule has 0 aromatic heterocycles. The van der Waals surface area contributed by atoms with Gasteiger partial charge in [0.15, 0.2) is 0 Å². The molecule has 2 aliphatic heterocycles. The summed E-state index contributed by atoms with van der Waals surface area (Å²) in [5, 5.41) is 5.22. The van der Waals surface area contributed by atoms with Crippen molar-refractivity contribution in [2.75, 3.05) is 13.2 Å². The topological polar surface area (TPSA) is 117 Å². The first-order chi connectivity index (χ1) is 13.8. The Morgan fingerprint density at radius 2 is 2.28 bits per heavy atom. The number of carbonyl (C=O) groups excluding carboxylic acids is 1. The molecule has 0 aromatic rings. The Labute approximate surface area is 173 Å². The van der Waals surface area contributed by atoms with Gasteiger partial charge in [-0.25, -0.2) is 8.42 Å². The molecule has 9 heteroatoms. The summed E-state index contributed by atoms with van der Waals surface area (Å²) in [4.78, 5) is 16.1. The zero-order chi connectivity index (χ0) is 21.4. The first kappa shape index (κ1) is 23.1. The van der Waals surface area contributed by atoms with Crippen molar-refractivity contribution >= 4 is 22.1 Å². The number of amides is 1. The number of sulfonamides is 1. The molecule has 8 nitrogen and oxygen atoms in total. The predicted octanol–water partition coefficient (Wildman–Crippen LogP) is 1.16. The lowest BCUT2D eigenvalue weighted by Gasteiger charge is -2.30. The normalized spacial score (nSPS) is 21.9. The monoisotopic (exact) mass is 421 g/mol. The third kappa shape index (κ3) is 6.12. The van der Waals surface area contributed by atoms with E-state index in [9.17, 15) is 13.2 Å². The number of allylic oxidation sites excluding steroid dienone is 3. The third-order valence-corrected chi connectivity index (χ3v) is 7.17. The number of nitrogens with two attached hydrogens (primary N) is 1. The summed E-state index contributed by atoms with van der Waals surface area (Å²) in [6.45, 7) is 7.99. The number of hydrogen-bond acceptors (Lipinski definition) is 6. The molecule has 2 atom stereocenters. The quantitative estimate of drug-likeness (QED) is 0.483. The molecule has 2 unspecified atom stereocenters. The average Bonchev–Trinajstić information content (AvgIpc) is 3.18. The van der Waals surface area contributed by atoms with Crippen LogP contribution in [-0.4, -0.2) is 55.4 Å². The lowest BCUT2D eigenvalue weighted by molar-refractivity contribution is -0.119. The number of hydrogen-bond donors (Lipinski definition) is 3. The summed E-state index contributed by atoms with van der Waals surface area (Å²) in [6.07, 6.45) is 11.8. The van der Waals surface area contributed by atoms with Crippen molar-refractivity contribution in [3.63, 3.8) is 0 Å². The highest BCUT2D eigenvalue weighted by molar-refractivity contribution is 7.89. The van der Waals surface area contributed by atoms with Crippen LogP contribution in [0.15, 0.2) is 53.3 Å². The second kappa shape index (κ2) is 10.5. The smallest absolute Gasteiger partial charge is 0.229 e. The van der Waals surface area contributed by atoms with E-state index < -0.39 is 21.3 Å².